The molecule has 8 heteroatoms. The van der Waals surface area contributed by atoms with Crippen LogP contribution in [0.15, 0.2) is 48.7 Å². The predicted molar refractivity (Wildman–Crippen MR) is 144 cm³/mol. The van der Waals surface area contributed by atoms with Gasteiger partial charge in [0.2, 0.25) is 5.95 Å². The molecule has 36 heavy (non-hydrogen) atoms. The van der Waals surface area contributed by atoms with Crippen molar-refractivity contribution in [1.29, 1.82) is 0 Å². The van der Waals surface area contributed by atoms with Gasteiger partial charge in [-0.3, -0.25) is 0 Å². The topological polar surface area (TPSA) is 87.2 Å². The van der Waals surface area contributed by atoms with Crippen molar-refractivity contribution in [2.24, 2.45) is 0 Å². The number of pyridine rings is 1. The Morgan fingerprint density at radius 1 is 1.17 bits per heavy atom. The molecule has 0 aliphatic carbocycles. The van der Waals surface area contributed by atoms with Crippen LogP contribution in [-0.2, 0) is 16.7 Å². The number of hydrogen-bond donors (Lipinski definition) is 3. The highest BCUT2D eigenvalue weighted by molar-refractivity contribution is 5.69. The van der Waals surface area contributed by atoms with Gasteiger partial charge in [-0.1, -0.05) is 25.1 Å². The van der Waals surface area contributed by atoms with Gasteiger partial charge in [-0.05, 0) is 69.6 Å². The normalized spacial score (nSPS) is 21.2. The van der Waals surface area contributed by atoms with Gasteiger partial charge in [-0.15, -0.1) is 0 Å². The molecule has 1 aromatic carbocycles. The Balaban J connectivity index is 1.43. The Morgan fingerprint density at radius 2 is 2.00 bits per heavy atom. The Labute approximate surface area is 213 Å². The molecule has 5 rings (SSSR count). The second-order valence-electron chi connectivity index (χ2n) is 10.4. The fraction of sp³-hybridized carbons (Fsp3) is 0.464. The zero-order chi connectivity index (χ0) is 25.1. The highest BCUT2D eigenvalue weighted by atomic mass is 16.5. The summed E-state index contributed by atoms with van der Waals surface area (Å²) in [6, 6.07) is 14.8. The van der Waals surface area contributed by atoms with Crippen LogP contribution in [0.2, 0.25) is 0 Å². The van der Waals surface area contributed by atoms with E-state index in [1.807, 2.05) is 25.4 Å². The molecule has 0 amide bonds. The van der Waals surface area contributed by atoms with Crippen molar-refractivity contribution >= 4 is 23.3 Å². The minimum absolute atomic E-state index is 0.154. The Morgan fingerprint density at radius 3 is 2.72 bits per heavy atom. The van der Waals surface area contributed by atoms with Crippen LogP contribution in [0.25, 0.3) is 0 Å². The zero-order valence-electron chi connectivity index (χ0n) is 21.7. The number of anilines is 4. The molecule has 8 nitrogen and oxygen atoms in total. The number of hydrogen-bond acceptors (Lipinski definition) is 8. The van der Waals surface area contributed by atoms with Gasteiger partial charge in [0.25, 0.3) is 0 Å². The number of nitrogens with one attached hydrogen (secondary N) is 3. The molecule has 1 fully saturated rings. The van der Waals surface area contributed by atoms with Crippen LogP contribution in [-0.4, -0.2) is 54.3 Å². The minimum Gasteiger partial charge on any atom is -0.378 e. The SMILES string of the molecule is CNCc1cccc(N2C[C@@](C)(COC(C)C)c3cnc(Nc4ccc([C@H]5CCNC5)cc4)nc32)n1. The molecular weight excluding hydrogens is 450 g/mol. The van der Waals surface area contributed by atoms with Gasteiger partial charge in [-0.2, -0.15) is 4.98 Å². The van der Waals surface area contributed by atoms with E-state index >= 15 is 0 Å². The van der Waals surface area contributed by atoms with Crippen molar-refractivity contribution < 1.29 is 4.74 Å². The Kier molecular flexibility index (Phi) is 7.18. The first-order chi connectivity index (χ1) is 17.4. The summed E-state index contributed by atoms with van der Waals surface area (Å²) < 4.78 is 6.08. The standard InChI is InChI=1S/C28H37N7O/c1-19(2)36-18-28(3)17-35(25-7-5-6-23(32-25)15-29-4)26-24(28)16-31-27(34-26)33-22-10-8-20(9-11-22)21-12-13-30-14-21/h5-11,16,19,21,29-30H,12-15,17-18H2,1-4H3,(H,31,33,34)/t21-,28-/m0/s1. The van der Waals surface area contributed by atoms with Gasteiger partial charge in [0.15, 0.2) is 0 Å². The van der Waals surface area contributed by atoms with Crippen LogP contribution in [0.5, 0.6) is 0 Å². The van der Waals surface area contributed by atoms with Crippen molar-refractivity contribution in [2.75, 3.05) is 43.5 Å². The third-order valence-electron chi connectivity index (χ3n) is 7.04. The molecular formula is C28H37N7O. The van der Waals surface area contributed by atoms with E-state index in [2.05, 4.69) is 72.0 Å². The summed E-state index contributed by atoms with van der Waals surface area (Å²) in [6.45, 7) is 10.5. The van der Waals surface area contributed by atoms with Crippen LogP contribution in [0, 0.1) is 0 Å². The lowest BCUT2D eigenvalue weighted by atomic mass is 9.87. The molecule has 2 atom stereocenters. The maximum atomic E-state index is 6.08. The maximum Gasteiger partial charge on any atom is 0.229 e. The number of nitrogens with zero attached hydrogens (tertiary/aromatic N) is 4. The van der Waals surface area contributed by atoms with E-state index in [1.165, 1.54) is 12.0 Å². The quantitative estimate of drug-likeness (QED) is 0.413. The molecule has 3 N–H and O–H groups in total. The summed E-state index contributed by atoms with van der Waals surface area (Å²) in [7, 11) is 1.93. The molecule has 0 radical (unpaired) electrons. The van der Waals surface area contributed by atoms with E-state index in [0.717, 1.165) is 48.2 Å². The second-order valence-corrected chi connectivity index (χ2v) is 10.4. The fourth-order valence-electron chi connectivity index (χ4n) is 5.04. The molecule has 2 aromatic heterocycles. The molecule has 3 aromatic rings. The first-order valence-electron chi connectivity index (χ1n) is 12.9. The summed E-state index contributed by atoms with van der Waals surface area (Å²) in [6.07, 6.45) is 3.30. The second kappa shape index (κ2) is 10.5. The van der Waals surface area contributed by atoms with Crippen LogP contribution >= 0.6 is 0 Å². The van der Waals surface area contributed by atoms with Crippen molar-refractivity contribution in [3.63, 3.8) is 0 Å². The first kappa shape index (κ1) is 24.6. The Hall–Kier alpha value is -3.07. The third-order valence-corrected chi connectivity index (χ3v) is 7.04. The number of ether oxygens (including phenoxy) is 1. The van der Waals surface area contributed by atoms with Gasteiger partial charge < -0.3 is 25.6 Å². The van der Waals surface area contributed by atoms with Crippen molar-refractivity contribution in [1.82, 2.24) is 25.6 Å². The number of rotatable bonds is 9. The van der Waals surface area contributed by atoms with Gasteiger partial charge in [-0.25, -0.2) is 9.97 Å². The van der Waals surface area contributed by atoms with Gasteiger partial charge >= 0.3 is 0 Å². The average Bonchev–Trinajstić information content (AvgIpc) is 3.51. The molecule has 190 valence electrons. The van der Waals surface area contributed by atoms with Gasteiger partial charge in [0, 0.05) is 42.5 Å². The highest BCUT2D eigenvalue weighted by Crippen LogP contribution is 2.43. The lowest BCUT2D eigenvalue weighted by Gasteiger charge is -2.26. The lowest BCUT2D eigenvalue weighted by molar-refractivity contribution is 0.0468. The van der Waals surface area contributed by atoms with Crippen LogP contribution < -0.4 is 20.9 Å². The van der Waals surface area contributed by atoms with E-state index in [1.54, 1.807) is 0 Å². The third kappa shape index (κ3) is 5.21. The van der Waals surface area contributed by atoms with Crippen molar-refractivity contribution in [2.45, 2.75) is 51.2 Å². The van der Waals surface area contributed by atoms with E-state index < -0.39 is 0 Å². The molecule has 2 aliphatic rings. The summed E-state index contributed by atoms with van der Waals surface area (Å²) in [5.74, 6) is 2.94. The smallest absolute Gasteiger partial charge is 0.229 e. The molecule has 1 saturated heterocycles. The zero-order valence-corrected chi connectivity index (χ0v) is 21.7. The van der Waals surface area contributed by atoms with E-state index in [4.69, 9.17) is 19.7 Å². The highest BCUT2D eigenvalue weighted by Gasteiger charge is 2.42. The molecule has 0 bridgehead atoms. The Bertz CT molecular complexity index is 1180. The fourth-order valence-corrected chi connectivity index (χ4v) is 5.04. The summed E-state index contributed by atoms with van der Waals surface area (Å²) in [5, 5.41) is 10.0. The average molecular weight is 488 g/mol. The molecule has 2 aliphatic heterocycles. The van der Waals surface area contributed by atoms with Crippen molar-refractivity contribution in [3.05, 3.63) is 65.5 Å². The summed E-state index contributed by atoms with van der Waals surface area (Å²) >= 11 is 0. The maximum absolute atomic E-state index is 6.08. The van der Waals surface area contributed by atoms with Gasteiger partial charge in [0.05, 0.1) is 18.4 Å². The molecule has 4 heterocycles. The first-order valence-corrected chi connectivity index (χ1v) is 12.9. The van der Waals surface area contributed by atoms with Gasteiger partial charge in [0.1, 0.15) is 11.6 Å². The van der Waals surface area contributed by atoms with Crippen molar-refractivity contribution in [3.8, 4) is 0 Å². The van der Waals surface area contributed by atoms with E-state index in [0.29, 0.717) is 25.0 Å². The molecule has 0 saturated carbocycles. The molecule has 0 unspecified atom stereocenters. The lowest BCUT2D eigenvalue weighted by Crippen LogP contribution is -2.34. The van der Waals surface area contributed by atoms with E-state index in [-0.39, 0.29) is 11.5 Å². The largest absolute Gasteiger partial charge is 0.378 e. The summed E-state index contributed by atoms with van der Waals surface area (Å²) in [4.78, 5) is 16.8. The van der Waals surface area contributed by atoms with E-state index in [9.17, 15) is 0 Å². The summed E-state index contributed by atoms with van der Waals surface area (Å²) in [5.41, 5.74) is 4.19. The molecule has 0 spiro atoms. The monoisotopic (exact) mass is 487 g/mol. The predicted octanol–water partition coefficient (Wildman–Crippen LogP) is 4.25. The number of benzene rings is 1. The minimum atomic E-state index is -0.240. The van der Waals surface area contributed by atoms with Crippen LogP contribution in [0.4, 0.5) is 23.3 Å². The van der Waals surface area contributed by atoms with Crippen LogP contribution in [0.1, 0.15) is 49.9 Å². The van der Waals surface area contributed by atoms with Crippen LogP contribution in [0.3, 0.4) is 0 Å². The number of aromatic nitrogens is 3. The number of fused-ring (bicyclic) bond motifs is 1.